The van der Waals surface area contributed by atoms with E-state index in [1.165, 1.54) is 5.56 Å². The van der Waals surface area contributed by atoms with Crippen LogP contribution in [-0.2, 0) is 0 Å². The Bertz CT molecular complexity index is 1660. The van der Waals surface area contributed by atoms with Crippen LogP contribution in [-0.4, -0.2) is 29.1 Å². The molecule has 0 aliphatic heterocycles. The van der Waals surface area contributed by atoms with Crippen LogP contribution in [0.3, 0.4) is 0 Å². The number of rotatable bonds is 4. The third kappa shape index (κ3) is 3.40. The average Bonchev–Trinajstić information content (AvgIpc) is 3.46. The lowest BCUT2D eigenvalue weighted by Gasteiger charge is -2.09. The van der Waals surface area contributed by atoms with Crippen LogP contribution in [0.1, 0.15) is 5.56 Å². The molecule has 1 N–H and O–H groups in total. The maximum Gasteiger partial charge on any atom is 0.332 e. The molecule has 34 heavy (non-hydrogen) atoms. The Balaban J connectivity index is 1.47. The summed E-state index contributed by atoms with van der Waals surface area (Å²) in [5.41, 5.74) is 6.53. The minimum absolute atomic E-state index is 0.222. The zero-order valence-electron chi connectivity index (χ0n) is 18.4. The van der Waals surface area contributed by atoms with Crippen LogP contribution in [0.5, 0.6) is 0 Å². The maximum atomic E-state index is 12.6. The second-order valence-corrected chi connectivity index (χ2v) is 8.06. The molecular weight excluding hydrogens is 424 g/mol. The molecular formula is C27H20N6O. The zero-order valence-corrected chi connectivity index (χ0v) is 18.4. The molecule has 6 rings (SSSR count). The van der Waals surface area contributed by atoms with Crippen LogP contribution in [0.4, 0.5) is 0 Å². The highest BCUT2D eigenvalue weighted by Gasteiger charge is 2.15. The first-order valence-corrected chi connectivity index (χ1v) is 10.9. The average molecular weight is 444 g/mol. The first-order chi connectivity index (χ1) is 16.7. The molecule has 0 atom stereocenters. The van der Waals surface area contributed by atoms with E-state index in [2.05, 4.69) is 50.7 Å². The van der Waals surface area contributed by atoms with Crippen molar-refractivity contribution >= 4 is 11.2 Å². The summed E-state index contributed by atoms with van der Waals surface area (Å²) in [5.74, 6) is 0.792. The molecule has 0 aliphatic rings. The van der Waals surface area contributed by atoms with Crippen LogP contribution >= 0.6 is 0 Å². The molecule has 0 bridgehead atoms. The van der Waals surface area contributed by atoms with Crippen LogP contribution < -0.4 is 5.69 Å². The fourth-order valence-electron chi connectivity index (χ4n) is 4.06. The van der Waals surface area contributed by atoms with Crippen molar-refractivity contribution < 1.29 is 0 Å². The normalized spacial score (nSPS) is 11.2. The number of aromatic amines is 1. The Morgan fingerprint density at radius 1 is 0.765 bits per heavy atom. The van der Waals surface area contributed by atoms with Crippen molar-refractivity contribution in [1.82, 2.24) is 29.1 Å². The van der Waals surface area contributed by atoms with Gasteiger partial charge in [-0.15, -0.1) is 0 Å². The Morgan fingerprint density at radius 3 is 2.29 bits per heavy atom. The van der Waals surface area contributed by atoms with Crippen molar-refractivity contribution in [2.75, 3.05) is 0 Å². The number of H-pyrrole nitrogens is 1. The number of imidazole rings is 2. The highest BCUT2D eigenvalue weighted by atomic mass is 16.1. The number of benzene rings is 2. The Labute approximate surface area is 195 Å². The van der Waals surface area contributed by atoms with Gasteiger partial charge in [0.2, 0.25) is 0 Å². The predicted octanol–water partition coefficient (Wildman–Crippen LogP) is 4.94. The van der Waals surface area contributed by atoms with E-state index in [0.29, 0.717) is 11.2 Å². The van der Waals surface area contributed by atoms with Crippen molar-refractivity contribution in [1.29, 1.82) is 0 Å². The minimum Gasteiger partial charge on any atom is -0.304 e. The van der Waals surface area contributed by atoms with Gasteiger partial charge >= 0.3 is 5.69 Å². The molecule has 0 aliphatic carbocycles. The first kappa shape index (κ1) is 19.9. The van der Waals surface area contributed by atoms with E-state index in [4.69, 9.17) is 4.98 Å². The largest absolute Gasteiger partial charge is 0.332 e. The number of hydrogen-bond acceptors (Lipinski definition) is 4. The summed E-state index contributed by atoms with van der Waals surface area (Å²) in [4.78, 5) is 29.2. The van der Waals surface area contributed by atoms with Crippen molar-refractivity contribution in [2.45, 2.75) is 6.92 Å². The van der Waals surface area contributed by atoms with Crippen molar-refractivity contribution in [2.24, 2.45) is 0 Å². The lowest BCUT2D eigenvalue weighted by molar-refractivity contribution is 0.999. The summed E-state index contributed by atoms with van der Waals surface area (Å²) in [6.07, 6.45) is 5.45. The number of aryl methyl sites for hydroxylation is 1. The Morgan fingerprint density at radius 2 is 1.53 bits per heavy atom. The van der Waals surface area contributed by atoms with Gasteiger partial charge in [0.1, 0.15) is 11.5 Å². The third-order valence-corrected chi connectivity index (χ3v) is 5.77. The van der Waals surface area contributed by atoms with E-state index >= 15 is 0 Å². The van der Waals surface area contributed by atoms with Gasteiger partial charge in [0, 0.05) is 29.8 Å². The Kier molecular flexibility index (Phi) is 4.66. The fraction of sp³-hybridized carbons (Fsp3) is 0.0370. The summed E-state index contributed by atoms with van der Waals surface area (Å²) in [7, 11) is 0. The monoisotopic (exact) mass is 444 g/mol. The molecule has 0 spiro atoms. The van der Waals surface area contributed by atoms with E-state index in [0.717, 1.165) is 34.2 Å². The van der Waals surface area contributed by atoms with E-state index in [1.807, 2.05) is 54.7 Å². The maximum absolute atomic E-state index is 12.6. The SMILES string of the molecule is Cc1ccc(-n2cc(-c3ccccn3)nc2-c2ccc(-n3c(=O)[nH]c4cccnc43)cc2)cc1. The van der Waals surface area contributed by atoms with Gasteiger partial charge in [-0.05, 0) is 67.6 Å². The molecule has 164 valence electrons. The molecule has 7 heteroatoms. The molecule has 0 radical (unpaired) electrons. The third-order valence-electron chi connectivity index (χ3n) is 5.77. The summed E-state index contributed by atoms with van der Waals surface area (Å²) >= 11 is 0. The second-order valence-electron chi connectivity index (χ2n) is 8.06. The summed E-state index contributed by atoms with van der Waals surface area (Å²) in [5, 5.41) is 0. The molecule has 0 unspecified atom stereocenters. The molecule has 0 saturated carbocycles. The topological polar surface area (TPSA) is 81.4 Å². The zero-order chi connectivity index (χ0) is 23.1. The summed E-state index contributed by atoms with van der Waals surface area (Å²) in [6.45, 7) is 2.07. The summed E-state index contributed by atoms with van der Waals surface area (Å²) < 4.78 is 3.64. The fourth-order valence-corrected chi connectivity index (χ4v) is 4.06. The van der Waals surface area contributed by atoms with E-state index in [-0.39, 0.29) is 5.69 Å². The smallest absolute Gasteiger partial charge is 0.304 e. The number of nitrogens with zero attached hydrogens (tertiary/aromatic N) is 5. The van der Waals surface area contributed by atoms with Gasteiger partial charge in [0.25, 0.3) is 0 Å². The van der Waals surface area contributed by atoms with E-state index in [1.54, 1.807) is 23.0 Å². The van der Waals surface area contributed by atoms with Crippen molar-refractivity contribution in [3.8, 4) is 34.2 Å². The Hall–Kier alpha value is -4.78. The molecule has 2 aromatic carbocycles. The molecule has 4 heterocycles. The lowest BCUT2D eigenvalue weighted by atomic mass is 10.1. The highest BCUT2D eigenvalue weighted by Crippen LogP contribution is 2.28. The number of nitrogens with one attached hydrogen (secondary N) is 1. The number of hydrogen-bond donors (Lipinski definition) is 1. The quantitative estimate of drug-likeness (QED) is 0.418. The van der Waals surface area contributed by atoms with Gasteiger partial charge in [-0.2, -0.15) is 0 Å². The van der Waals surface area contributed by atoms with Crippen molar-refractivity contribution in [3.05, 3.63) is 114 Å². The molecule has 0 saturated heterocycles. The first-order valence-electron chi connectivity index (χ1n) is 10.9. The van der Waals surface area contributed by atoms with Crippen molar-refractivity contribution in [3.63, 3.8) is 0 Å². The molecule has 6 aromatic rings. The van der Waals surface area contributed by atoms with Gasteiger partial charge in [-0.3, -0.25) is 9.55 Å². The molecule has 4 aromatic heterocycles. The van der Waals surface area contributed by atoms with Gasteiger partial charge in [0.15, 0.2) is 5.65 Å². The highest BCUT2D eigenvalue weighted by molar-refractivity contribution is 5.73. The lowest BCUT2D eigenvalue weighted by Crippen LogP contribution is -2.14. The van der Waals surface area contributed by atoms with Gasteiger partial charge < -0.3 is 4.98 Å². The second kappa shape index (κ2) is 7.97. The van der Waals surface area contributed by atoms with E-state index < -0.39 is 0 Å². The van der Waals surface area contributed by atoms with E-state index in [9.17, 15) is 4.79 Å². The number of pyridine rings is 2. The standard InChI is InChI=1S/C27H20N6O/c1-18-7-11-20(12-8-18)32-17-24(22-5-2-3-15-28-22)30-25(32)19-9-13-21(14-10-19)33-26-23(31-27(33)34)6-4-16-29-26/h2-17H,1H3,(H,31,34). The van der Waals surface area contributed by atoms with Gasteiger partial charge in [-0.25, -0.2) is 19.3 Å². The summed E-state index contributed by atoms with van der Waals surface area (Å²) in [6, 6.07) is 25.5. The molecule has 0 amide bonds. The number of aromatic nitrogens is 6. The van der Waals surface area contributed by atoms with Crippen LogP contribution in [0.25, 0.3) is 45.3 Å². The van der Waals surface area contributed by atoms with Crippen LogP contribution in [0, 0.1) is 6.92 Å². The minimum atomic E-state index is -0.222. The van der Waals surface area contributed by atoms with Crippen LogP contribution in [0.2, 0.25) is 0 Å². The van der Waals surface area contributed by atoms with Crippen LogP contribution in [0.15, 0.2) is 102 Å². The molecule has 0 fully saturated rings. The number of fused-ring (bicyclic) bond motifs is 1. The predicted molar refractivity (Wildman–Crippen MR) is 132 cm³/mol. The van der Waals surface area contributed by atoms with Gasteiger partial charge in [0.05, 0.1) is 16.9 Å². The van der Waals surface area contributed by atoms with Gasteiger partial charge in [-0.1, -0.05) is 23.8 Å². The molecule has 7 nitrogen and oxygen atoms in total.